The predicted octanol–water partition coefficient (Wildman–Crippen LogP) is 1.20. The molecule has 3 N–H and O–H groups in total. The summed E-state index contributed by atoms with van der Waals surface area (Å²) in [7, 11) is 0. The number of pyridine rings is 1. The fourth-order valence-electron chi connectivity index (χ4n) is 1.02. The maximum Gasteiger partial charge on any atom is 0.354 e. The molecule has 0 aliphatic rings. The number of hydrogen-bond acceptors (Lipinski definition) is 4. The van der Waals surface area contributed by atoms with E-state index in [0.717, 1.165) is 5.82 Å². The van der Waals surface area contributed by atoms with Gasteiger partial charge in [0.25, 0.3) is 0 Å². The number of H-pyrrole nitrogens is 1. The lowest BCUT2D eigenvalue weighted by atomic mass is 10.3. The molecule has 0 saturated carbocycles. The normalized spacial score (nSPS) is 9.17. The molecule has 2 aromatic rings. The molecule has 0 fully saturated rings. The summed E-state index contributed by atoms with van der Waals surface area (Å²) in [6, 6.07) is 3.80. The molecule has 0 radical (unpaired) electrons. The van der Waals surface area contributed by atoms with Crippen molar-refractivity contribution in [1.82, 2.24) is 15.0 Å². The fourth-order valence-corrected chi connectivity index (χ4v) is 1.02. The molecule has 0 aliphatic heterocycles. The molecule has 94 valence electrons. The van der Waals surface area contributed by atoms with Crippen molar-refractivity contribution in [3.05, 3.63) is 47.8 Å². The molecule has 2 aromatic heterocycles. The number of aromatic amines is 1. The second-order valence-electron chi connectivity index (χ2n) is 3.19. The van der Waals surface area contributed by atoms with Crippen LogP contribution in [0, 0.1) is 6.92 Å². The number of carbonyl (C=O) groups is 2. The van der Waals surface area contributed by atoms with Gasteiger partial charge in [-0.25, -0.2) is 19.6 Å². The van der Waals surface area contributed by atoms with Crippen LogP contribution in [0.25, 0.3) is 0 Å². The summed E-state index contributed by atoms with van der Waals surface area (Å²) in [5.74, 6) is -1.51. The maximum atomic E-state index is 10.3. The Hall–Kier alpha value is -2.70. The van der Waals surface area contributed by atoms with Crippen molar-refractivity contribution in [1.29, 1.82) is 0 Å². The van der Waals surface area contributed by atoms with E-state index in [1.807, 2.05) is 6.92 Å². The smallest absolute Gasteiger partial charge is 0.354 e. The molecule has 0 atom stereocenters. The Morgan fingerprint density at radius 2 is 1.72 bits per heavy atom. The Kier molecular flexibility index (Phi) is 4.56. The maximum absolute atomic E-state index is 10.3. The molecule has 7 nitrogen and oxygen atoms in total. The van der Waals surface area contributed by atoms with Crippen LogP contribution >= 0.6 is 0 Å². The van der Waals surface area contributed by atoms with Crippen molar-refractivity contribution in [2.45, 2.75) is 6.92 Å². The van der Waals surface area contributed by atoms with E-state index >= 15 is 0 Å². The lowest BCUT2D eigenvalue weighted by Crippen LogP contribution is -2.06. The molecule has 0 amide bonds. The van der Waals surface area contributed by atoms with Crippen LogP contribution in [0.4, 0.5) is 0 Å². The SMILES string of the molecule is Cc1ncc[nH]1.O=C(O)c1cccc(C(=O)O)n1. The van der Waals surface area contributed by atoms with E-state index in [0.29, 0.717) is 0 Å². The van der Waals surface area contributed by atoms with Gasteiger partial charge in [-0.15, -0.1) is 0 Å². The van der Waals surface area contributed by atoms with E-state index in [2.05, 4.69) is 15.0 Å². The lowest BCUT2D eigenvalue weighted by Gasteiger charge is -1.94. The standard InChI is InChI=1S/C7H5NO4.C4H6N2/c9-6(10)4-2-1-3-5(8-4)7(11)12;1-4-5-2-3-6-4/h1-3H,(H,9,10)(H,11,12);2-3H,1H3,(H,5,6). The summed E-state index contributed by atoms with van der Waals surface area (Å²) in [4.78, 5) is 30.8. The quantitative estimate of drug-likeness (QED) is 0.736. The highest BCUT2D eigenvalue weighted by atomic mass is 16.4. The zero-order chi connectivity index (χ0) is 13.5. The Balaban J connectivity index is 0.000000225. The van der Waals surface area contributed by atoms with Crippen molar-refractivity contribution in [2.24, 2.45) is 0 Å². The number of aryl methyl sites for hydroxylation is 1. The zero-order valence-electron chi connectivity index (χ0n) is 9.49. The first-order chi connectivity index (χ1) is 8.50. The molecule has 0 aliphatic carbocycles. The summed E-state index contributed by atoms with van der Waals surface area (Å²) in [6.07, 6.45) is 3.53. The minimum absolute atomic E-state index is 0.269. The molecule has 0 unspecified atom stereocenters. The van der Waals surface area contributed by atoms with Crippen molar-refractivity contribution in [3.8, 4) is 0 Å². The predicted molar refractivity (Wildman–Crippen MR) is 61.5 cm³/mol. The van der Waals surface area contributed by atoms with Gasteiger partial charge >= 0.3 is 11.9 Å². The highest BCUT2D eigenvalue weighted by Gasteiger charge is 2.08. The van der Waals surface area contributed by atoms with E-state index in [4.69, 9.17) is 10.2 Å². The van der Waals surface area contributed by atoms with E-state index in [-0.39, 0.29) is 11.4 Å². The number of carboxylic acids is 2. The van der Waals surface area contributed by atoms with Gasteiger partial charge < -0.3 is 15.2 Å². The molecule has 18 heavy (non-hydrogen) atoms. The van der Waals surface area contributed by atoms with Crippen molar-refractivity contribution < 1.29 is 19.8 Å². The number of nitrogens with zero attached hydrogens (tertiary/aromatic N) is 2. The Bertz CT molecular complexity index is 508. The van der Waals surface area contributed by atoms with Crippen molar-refractivity contribution in [3.63, 3.8) is 0 Å². The average molecular weight is 249 g/mol. The third-order valence-corrected chi connectivity index (χ3v) is 1.82. The molecule has 2 heterocycles. The van der Waals surface area contributed by atoms with Crippen LogP contribution in [0.2, 0.25) is 0 Å². The van der Waals surface area contributed by atoms with Gasteiger partial charge in [0.15, 0.2) is 0 Å². The number of imidazole rings is 1. The van der Waals surface area contributed by atoms with Crippen LogP contribution < -0.4 is 0 Å². The first kappa shape index (κ1) is 13.4. The fraction of sp³-hybridized carbons (Fsp3) is 0.0909. The van der Waals surface area contributed by atoms with Gasteiger partial charge in [0.1, 0.15) is 17.2 Å². The second kappa shape index (κ2) is 6.14. The van der Waals surface area contributed by atoms with Gasteiger partial charge in [-0.1, -0.05) is 6.07 Å². The van der Waals surface area contributed by atoms with E-state index in [1.165, 1.54) is 18.2 Å². The largest absolute Gasteiger partial charge is 0.477 e. The van der Waals surface area contributed by atoms with E-state index in [1.54, 1.807) is 12.4 Å². The third kappa shape index (κ3) is 4.05. The van der Waals surface area contributed by atoms with Crippen molar-refractivity contribution >= 4 is 11.9 Å². The molecule has 0 aromatic carbocycles. The Morgan fingerprint density at radius 3 is 2.00 bits per heavy atom. The van der Waals surface area contributed by atoms with E-state index < -0.39 is 11.9 Å². The number of carboxylic acid groups (broad SMARTS) is 2. The van der Waals surface area contributed by atoms with Crippen LogP contribution in [0.15, 0.2) is 30.6 Å². The minimum atomic E-state index is -1.24. The number of aromatic carboxylic acids is 2. The molecular weight excluding hydrogens is 238 g/mol. The molecule has 2 rings (SSSR count). The first-order valence-electron chi connectivity index (χ1n) is 4.90. The summed E-state index contributed by atoms with van der Waals surface area (Å²) >= 11 is 0. The van der Waals surface area contributed by atoms with Gasteiger partial charge in [0.05, 0.1) is 0 Å². The Labute approximate surface area is 102 Å². The van der Waals surface area contributed by atoms with Crippen molar-refractivity contribution in [2.75, 3.05) is 0 Å². The van der Waals surface area contributed by atoms with Gasteiger partial charge in [0.2, 0.25) is 0 Å². The summed E-state index contributed by atoms with van der Waals surface area (Å²) in [6.45, 7) is 1.92. The first-order valence-corrected chi connectivity index (χ1v) is 4.90. The van der Waals surface area contributed by atoms with E-state index in [9.17, 15) is 9.59 Å². The van der Waals surface area contributed by atoms with Gasteiger partial charge in [-0.05, 0) is 19.1 Å². The average Bonchev–Trinajstić information content (AvgIpc) is 2.81. The van der Waals surface area contributed by atoms with Crippen LogP contribution in [0.3, 0.4) is 0 Å². The molecule has 0 saturated heterocycles. The van der Waals surface area contributed by atoms with Crippen LogP contribution in [0.1, 0.15) is 26.8 Å². The summed E-state index contributed by atoms with van der Waals surface area (Å²) < 4.78 is 0. The topological polar surface area (TPSA) is 116 Å². The lowest BCUT2D eigenvalue weighted by molar-refractivity contribution is 0.0685. The summed E-state index contributed by atoms with van der Waals surface area (Å²) in [5, 5.41) is 16.9. The highest BCUT2D eigenvalue weighted by Crippen LogP contribution is 1.98. The molecular formula is C11H11N3O4. The number of hydrogen-bond donors (Lipinski definition) is 3. The molecule has 0 spiro atoms. The van der Waals surface area contributed by atoms with Crippen LogP contribution in [-0.4, -0.2) is 37.1 Å². The van der Waals surface area contributed by atoms with Gasteiger partial charge in [-0.2, -0.15) is 0 Å². The minimum Gasteiger partial charge on any atom is -0.477 e. The van der Waals surface area contributed by atoms with Crippen LogP contribution in [0.5, 0.6) is 0 Å². The molecule has 0 bridgehead atoms. The van der Waals surface area contributed by atoms with Gasteiger partial charge in [0, 0.05) is 12.4 Å². The third-order valence-electron chi connectivity index (χ3n) is 1.82. The zero-order valence-corrected chi connectivity index (χ0v) is 9.49. The summed E-state index contributed by atoms with van der Waals surface area (Å²) in [5.41, 5.74) is -0.537. The number of rotatable bonds is 2. The monoisotopic (exact) mass is 249 g/mol. The number of aromatic nitrogens is 3. The number of nitrogens with one attached hydrogen (secondary N) is 1. The van der Waals surface area contributed by atoms with Crippen LogP contribution in [-0.2, 0) is 0 Å². The van der Waals surface area contributed by atoms with Gasteiger partial charge in [-0.3, -0.25) is 0 Å². The molecule has 7 heteroatoms. The Morgan fingerprint density at radius 1 is 1.17 bits per heavy atom. The second-order valence-corrected chi connectivity index (χ2v) is 3.19. The highest BCUT2D eigenvalue weighted by molar-refractivity contribution is 5.89.